The van der Waals surface area contributed by atoms with Crippen molar-refractivity contribution in [2.24, 2.45) is 0 Å². The van der Waals surface area contributed by atoms with Gasteiger partial charge >= 0.3 is 12.1 Å². The number of piperidine rings is 1. The van der Waals surface area contributed by atoms with Crippen molar-refractivity contribution in [1.82, 2.24) is 4.90 Å². The van der Waals surface area contributed by atoms with Crippen molar-refractivity contribution in [1.29, 1.82) is 0 Å². The Morgan fingerprint density at radius 2 is 1.70 bits per heavy atom. The highest BCUT2D eigenvalue weighted by Crippen LogP contribution is 2.26. The number of para-hydroxylation sites is 2. The summed E-state index contributed by atoms with van der Waals surface area (Å²) in [6.07, 6.45) is -2.99. The van der Waals surface area contributed by atoms with Gasteiger partial charge in [-0.1, -0.05) is 30.3 Å². The molecule has 1 saturated heterocycles. The topological polar surface area (TPSA) is 61.8 Å². The van der Waals surface area contributed by atoms with E-state index in [1.807, 2.05) is 36.4 Å². The van der Waals surface area contributed by atoms with Crippen molar-refractivity contribution in [3.8, 4) is 5.75 Å². The van der Waals surface area contributed by atoms with Gasteiger partial charge in [-0.25, -0.2) is 9.18 Å². The van der Waals surface area contributed by atoms with Crippen LogP contribution in [-0.2, 0) is 11.3 Å². The number of hydrogen-bond donors (Lipinski definition) is 2. The van der Waals surface area contributed by atoms with Crippen LogP contribution in [0.3, 0.4) is 0 Å². The number of hydrogen-bond acceptors (Lipinski definition) is 4. The predicted molar refractivity (Wildman–Crippen MR) is 105 cm³/mol. The maximum atomic E-state index is 13.7. The van der Waals surface area contributed by atoms with E-state index in [1.54, 1.807) is 13.2 Å². The molecule has 1 aliphatic heterocycles. The number of methoxy groups -OCH3 is 1. The zero-order chi connectivity index (χ0) is 22.1. The number of halogens is 4. The van der Waals surface area contributed by atoms with E-state index in [0.717, 1.165) is 42.9 Å². The number of rotatable bonds is 5. The van der Waals surface area contributed by atoms with Crippen molar-refractivity contribution in [3.05, 3.63) is 59.9 Å². The number of carbonyl (C=O) groups is 1. The van der Waals surface area contributed by atoms with Gasteiger partial charge in [0.2, 0.25) is 0 Å². The van der Waals surface area contributed by atoms with E-state index in [4.69, 9.17) is 14.6 Å². The molecule has 1 fully saturated rings. The number of carboxylic acid groups (broad SMARTS) is 1. The van der Waals surface area contributed by atoms with Crippen molar-refractivity contribution in [2.75, 3.05) is 25.5 Å². The lowest BCUT2D eigenvalue weighted by Crippen LogP contribution is -2.38. The number of benzene rings is 2. The van der Waals surface area contributed by atoms with Gasteiger partial charge < -0.3 is 15.2 Å². The van der Waals surface area contributed by atoms with Gasteiger partial charge in [-0.15, -0.1) is 0 Å². The molecular weight excluding hydrogens is 404 g/mol. The van der Waals surface area contributed by atoms with Crippen LogP contribution in [-0.4, -0.2) is 48.4 Å². The summed E-state index contributed by atoms with van der Waals surface area (Å²) in [6, 6.07) is 15.5. The third-order valence-electron chi connectivity index (χ3n) is 4.65. The van der Waals surface area contributed by atoms with Crippen molar-refractivity contribution in [2.45, 2.75) is 31.6 Å². The molecule has 30 heavy (non-hydrogen) atoms. The second-order valence-electron chi connectivity index (χ2n) is 6.79. The zero-order valence-corrected chi connectivity index (χ0v) is 16.5. The molecule has 2 aromatic rings. The number of nitrogens with one attached hydrogen (secondary N) is 1. The Bertz CT molecular complexity index is 822. The fourth-order valence-corrected chi connectivity index (χ4v) is 3.09. The number of alkyl halides is 3. The minimum Gasteiger partial charge on any atom is -0.495 e. The van der Waals surface area contributed by atoms with Crippen LogP contribution >= 0.6 is 0 Å². The van der Waals surface area contributed by atoms with Gasteiger partial charge in [0.25, 0.3) is 0 Å². The van der Waals surface area contributed by atoms with E-state index < -0.39 is 12.1 Å². The lowest BCUT2D eigenvalue weighted by Gasteiger charge is -2.33. The molecule has 2 N–H and O–H groups in total. The molecular formula is C21H24F4N2O3. The largest absolute Gasteiger partial charge is 0.495 e. The van der Waals surface area contributed by atoms with Crippen molar-refractivity contribution >= 4 is 11.7 Å². The summed E-state index contributed by atoms with van der Waals surface area (Å²) in [5, 5.41) is 10.7. The molecule has 5 nitrogen and oxygen atoms in total. The average molecular weight is 428 g/mol. The Labute approximate surface area is 172 Å². The average Bonchev–Trinajstić information content (AvgIpc) is 2.71. The number of likely N-dealkylation sites (tertiary alicyclic amines) is 1. The van der Waals surface area contributed by atoms with E-state index in [9.17, 15) is 17.6 Å². The Kier molecular flexibility index (Phi) is 8.46. The summed E-state index contributed by atoms with van der Waals surface area (Å²) in [5.74, 6) is -1.99. The fourth-order valence-electron chi connectivity index (χ4n) is 3.09. The number of nitrogens with zero attached hydrogens (tertiary/aromatic N) is 1. The number of aliphatic carboxylic acids is 1. The van der Waals surface area contributed by atoms with E-state index in [-0.39, 0.29) is 5.82 Å². The first kappa shape index (κ1) is 23.5. The molecule has 1 aliphatic rings. The molecule has 1 heterocycles. The standard InChI is InChI=1S/C19H23FN2O.C2HF3O2/c1-23-19-9-5-4-8-18(19)21-16-10-12-22(13-11-16)14-15-6-2-3-7-17(15)20;3-2(4,5)1(6)7/h2-9,16,21H,10-14H2,1H3;(H,6,7). The Morgan fingerprint density at radius 3 is 2.27 bits per heavy atom. The molecule has 0 bridgehead atoms. The zero-order valence-electron chi connectivity index (χ0n) is 16.5. The maximum Gasteiger partial charge on any atom is 0.490 e. The van der Waals surface area contributed by atoms with Crippen LogP contribution in [0.15, 0.2) is 48.5 Å². The van der Waals surface area contributed by atoms with E-state index in [0.29, 0.717) is 12.6 Å². The van der Waals surface area contributed by atoms with Crippen LogP contribution in [0.5, 0.6) is 5.75 Å². The van der Waals surface area contributed by atoms with Gasteiger partial charge in [0.05, 0.1) is 12.8 Å². The second kappa shape index (κ2) is 10.8. The summed E-state index contributed by atoms with van der Waals surface area (Å²) in [5.41, 5.74) is 1.83. The molecule has 0 saturated carbocycles. The SMILES string of the molecule is COc1ccccc1NC1CCN(Cc2ccccc2F)CC1.O=C(O)C(F)(F)F. The Morgan fingerprint density at radius 1 is 1.13 bits per heavy atom. The van der Waals surface area contributed by atoms with Crippen LogP contribution in [0.1, 0.15) is 18.4 Å². The lowest BCUT2D eigenvalue weighted by molar-refractivity contribution is -0.192. The smallest absolute Gasteiger partial charge is 0.490 e. The van der Waals surface area contributed by atoms with Crippen LogP contribution < -0.4 is 10.1 Å². The van der Waals surface area contributed by atoms with Gasteiger partial charge in [0.1, 0.15) is 11.6 Å². The summed E-state index contributed by atoms with van der Waals surface area (Å²) >= 11 is 0. The quantitative estimate of drug-likeness (QED) is 0.685. The van der Waals surface area contributed by atoms with Gasteiger partial charge in [-0.2, -0.15) is 13.2 Å². The maximum absolute atomic E-state index is 13.7. The molecule has 0 unspecified atom stereocenters. The molecule has 0 radical (unpaired) electrons. The van der Waals surface area contributed by atoms with Crippen LogP contribution in [0.4, 0.5) is 23.2 Å². The predicted octanol–water partition coefficient (Wildman–Crippen LogP) is 4.54. The molecule has 0 aromatic heterocycles. The van der Waals surface area contributed by atoms with Gasteiger partial charge in [-0.05, 0) is 31.0 Å². The first-order chi connectivity index (χ1) is 14.2. The molecule has 0 atom stereocenters. The third-order valence-corrected chi connectivity index (χ3v) is 4.65. The van der Waals surface area contributed by atoms with Gasteiger partial charge in [-0.3, -0.25) is 4.90 Å². The van der Waals surface area contributed by atoms with Crippen molar-refractivity contribution < 1.29 is 32.2 Å². The van der Waals surface area contributed by atoms with E-state index in [1.165, 1.54) is 6.07 Å². The first-order valence-electron chi connectivity index (χ1n) is 9.36. The minimum absolute atomic E-state index is 0.109. The summed E-state index contributed by atoms with van der Waals surface area (Å²) < 4.78 is 50.9. The molecule has 0 aliphatic carbocycles. The normalized spacial score (nSPS) is 15.1. The Hall–Kier alpha value is -2.81. The molecule has 9 heteroatoms. The van der Waals surface area contributed by atoms with Crippen LogP contribution in [0.25, 0.3) is 0 Å². The summed E-state index contributed by atoms with van der Waals surface area (Å²) in [6.45, 7) is 2.64. The van der Waals surface area contributed by atoms with E-state index >= 15 is 0 Å². The Balaban J connectivity index is 0.000000396. The highest BCUT2D eigenvalue weighted by Gasteiger charge is 2.38. The molecule has 0 amide bonds. The van der Waals surface area contributed by atoms with Crippen LogP contribution in [0.2, 0.25) is 0 Å². The van der Waals surface area contributed by atoms with Crippen LogP contribution in [0, 0.1) is 5.82 Å². The second-order valence-corrected chi connectivity index (χ2v) is 6.79. The van der Waals surface area contributed by atoms with Gasteiger partial charge in [0, 0.05) is 31.2 Å². The van der Waals surface area contributed by atoms with Gasteiger partial charge in [0.15, 0.2) is 0 Å². The highest BCUT2D eigenvalue weighted by molar-refractivity contribution is 5.73. The monoisotopic (exact) mass is 428 g/mol. The van der Waals surface area contributed by atoms with Crippen molar-refractivity contribution in [3.63, 3.8) is 0 Å². The summed E-state index contributed by atoms with van der Waals surface area (Å²) in [7, 11) is 1.69. The highest BCUT2D eigenvalue weighted by atomic mass is 19.4. The molecule has 2 aromatic carbocycles. The third kappa shape index (κ3) is 7.22. The lowest BCUT2D eigenvalue weighted by atomic mass is 10.0. The molecule has 0 spiro atoms. The number of ether oxygens (including phenoxy) is 1. The number of carboxylic acids is 1. The van der Waals surface area contributed by atoms with E-state index in [2.05, 4.69) is 10.2 Å². The summed E-state index contributed by atoms with van der Waals surface area (Å²) in [4.78, 5) is 11.2. The minimum atomic E-state index is -5.08. The molecule has 164 valence electrons. The molecule has 3 rings (SSSR count). The first-order valence-corrected chi connectivity index (χ1v) is 9.36. The fraction of sp³-hybridized carbons (Fsp3) is 0.381. The number of anilines is 1.